The smallest absolute Gasteiger partial charge is 0.411 e. The largest absolute Gasteiger partial charge is 0.449 e. The van der Waals surface area contributed by atoms with E-state index in [0.29, 0.717) is 17.9 Å². The van der Waals surface area contributed by atoms with Gasteiger partial charge in [0.15, 0.2) is 5.75 Å². The summed E-state index contributed by atoms with van der Waals surface area (Å²) < 4.78 is 35.1. The normalized spacial score (nSPS) is 11.2. The van der Waals surface area contributed by atoms with Crippen molar-refractivity contribution in [1.82, 2.24) is 4.90 Å². The maximum absolute atomic E-state index is 12.8. The van der Waals surface area contributed by atoms with Gasteiger partial charge >= 0.3 is 12.7 Å². The van der Waals surface area contributed by atoms with Crippen LogP contribution in [0.2, 0.25) is 0 Å². The number of nitrogens with two attached hydrogens (primary N) is 1. The average Bonchev–Trinajstić information content (AvgIpc) is 2.52. The fourth-order valence-electron chi connectivity index (χ4n) is 2.07. The van der Waals surface area contributed by atoms with Gasteiger partial charge in [-0.25, -0.2) is 4.79 Å². The highest BCUT2D eigenvalue weighted by Crippen LogP contribution is 2.36. The molecule has 0 radical (unpaired) electrons. The molecule has 0 fully saturated rings. The van der Waals surface area contributed by atoms with Crippen molar-refractivity contribution in [2.75, 3.05) is 56.8 Å². The van der Waals surface area contributed by atoms with Crippen molar-refractivity contribution in [3.05, 3.63) is 12.1 Å². The third kappa shape index (κ3) is 7.30. The fourth-order valence-corrected chi connectivity index (χ4v) is 2.07. The zero-order chi connectivity index (χ0) is 19.9. The van der Waals surface area contributed by atoms with E-state index >= 15 is 0 Å². The molecular weight excluding hydrogens is 346 g/mol. The highest BCUT2D eigenvalue weighted by atomic mass is 19.3. The van der Waals surface area contributed by atoms with Crippen molar-refractivity contribution in [3.8, 4) is 5.75 Å². The van der Waals surface area contributed by atoms with Crippen LogP contribution in [0.1, 0.15) is 13.8 Å². The molecule has 1 aromatic carbocycles. The number of halogens is 2. The minimum absolute atomic E-state index is 0.0290. The second kappa shape index (κ2) is 10.0. The van der Waals surface area contributed by atoms with E-state index in [9.17, 15) is 13.6 Å². The molecule has 0 spiro atoms. The standard InChI is InChI=1S/C17H28F2N4O3/c1-11(2)10-25-17(24)21-13-8-12(20)14(9-15(13)26-16(18)19)23(5)7-6-22(3)4/h8-9,11,16H,6-7,10,20H2,1-5H3,(H,21,24). The van der Waals surface area contributed by atoms with Crippen LogP contribution in [0.4, 0.5) is 30.6 Å². The van der Waals surface area contributed by atoms with Gasteiger partial charge in [-0.3, -0.25) is 5.32 Å². The minimum Gasteiger partial charge on any atom is -0.449 e. The number of benzene rings is 1. The predicted octanol–water partition coefficient (Wildman–Crippen LogP) is 3.07. The summed E-state index contributed by atoms with van der Waals surface area (Å²) in [6.45, 7) is 2.32. The van der Waals surface area contributed by atoms with Gasteiger partial charge in [-0.2, -0.15) is 8.78 Å². The van der Waals surface area contributed by atoms with Crippen LogP contribution in [0.15, 0.2) is 12.1 Å². The molecule has 0 saturated heterocycles. The molecular formula is C17H28F2N4O3. The van der Waals surface area contributed by atoms with Crippen molar-refractivity contribution in [3.63, 3.8) is 0 Å². The van der Waals surface area contributed by atoms with Crippen molar-refractivity contribution in [2.45, 2.75) is 20.5 Å². The molecule has 0 heterocycles. The van der Waals surface area contributed by atoms with Crippen LogP contribution >= 0.6 is 0 Å². The van der Waals surface area contributed by atoms with Crippen LogP contribution in [0.3, 0.4) is 0 Å². The van der Waals surface area contributed by atoms with E-state index in [4.69, 9.17) is 10.5 Å². The van der Waals surface area contributed by atoms with Gasteiger partial charge in [-0.15, -0.1) is 0 Å². The zero-order valence-corrected chi connectivity index (χ0v) is 15.9. The van der Waals surface area contributed by atoms with Gasteiger partial charge in [0.25, 0.3) is 0 Å². The molecule has 7 nitrogen and oxygen atoms in total. The van der Waals surface area contributed by atoms with Crippen LogP contribution in [0.25, 0.3) is 0 Å². The molecule has 1 amide bonds. The fraction of sp³-hybridized carbons (Fsp3) is 0.588. The number of amides is 1. The number of carbonyl (C=O) groups is 1. The molecule has 0 aliphatic carbocycles. The summed E-state index contributed by atoms with van der Waals surface area (Å²) >= 11 is 0. The molecule has 0 bridgehead atoms. The lowest BCUT2D eigenvalue weighted by molar-refractivity contribution is -0.0493. The molecule has 9 heteroatoms. The van der Waals surface area contributed by atoms with Crippen molar-refractivity contribution >= 4 is 23.2 Å². The average molecular weight is 374 g/mol. The Hall–Kier alpha value is -2.29. The summed E-state index contributed by atoms with van der Waals surface area (Å²) in [6, 6.07) is 2.77. The minimum atomic E-state index is -3.04. The first-order chi connectivity index (χ1) is 12.1. The molecule has 3 N–H and O–H groups in total. The monoisotopic (exact) mass is 374 g/mol. The number of hydrogen-bond acceptors (Lipinski definition) is 6. The molecule has 1 rings (SSSR count). The Balaban J connectivity index is 3.02. The third-order valence-corrected chi connectivity index (χ3v) is 3.42. The highest BCUT2D eigenvalue weighted by molar-refractivity contribution is 5.90. The molecule has 0 atom stereocenters. The third-order valence-electron chi connectivity index (χ3n) is 3.42. The quantitative estimate of drug-likeness (QED) is 0.647. The second-order valence-corrected chi connectivity index (χ2v) is 6.63. The molecule has 1 aromatic rings. The van der Waals surface area contributed by atoms with Crippen LogP contribution in [0, 0.1) is 5.92 Å². The summed E-state index contributed by atoms with van der Waals surface area (Å²) in [5, 5.41) is 2.40. The van der Waals surface area contributed by atoms with Crippen molar-refractivity contribution < 1.29 is 23.0 Å². The molecule has 0 aromatic heterocycles. The molecule has 148 valence electrons. The van der Waals surface area contributed by atoms with Crippen LogP contribution in [0.5, 0.6) is 5.75 Å². The molecule has 0 unspecified atom stereocenters. The van der Waals surface area contributed by atoms with Crippen LogP contribution < -0.4 is 20.7 Å². The Labute approximate surface area is 153 Å². The molecule has 0 aliphatic heterocycles. The van der Waals surface area contributed by atoms with Gasteiger partial charge < -0.3 is 25.0 Å². The van der Waals surface area contributed by atoms with Gasteiger partial charge in [0.1, 0.15) is 0 Å². The molecule has 0 aliphatic rings. The number of nitrogens with zero attached hydrogens (tertiary/aromatic N) is 2. The lowest BCUT2D eigenvalue weighted by atomic mass is 10.2. The number of nitrogen functional groups attached to an aromatic ring is 1. The van der Waals surface area contributed by atoms with E-state index in [1.165, 1.54) is 12.1 Å². The lowest BCUT2D eigenvalue weighted by Crippen LogP contribution is -2.29. The molecule has 0 saturated carbocycles. The topological polar surface area (TPSA) is 80.1 Å². The Morgan fingerprint density at radius 3 is 2.42 bits per heavy atom. The van der Waals surface area contributed by atoms with Gasteiger partial charge in [0.05, 0.1) is 23.7 Å². The van der Waals surface area contributed by atoms with Crippen LogP contribution in [-0.4, -0.2) is 58.4 Å². The molecule has 26 heavy (non-hydrogen) atoms. The zero-order valence-electron chi connectivity index (χ0n) is 15.9. The summed E-state index contributed by atoms with van der Waals surface area (Å²) in [4.78, 5) is 15.6. The second-order valence-electron chi connectivity index (χ2n) is 6.63. The summed E-state index contributed by atoms with van der Waals surface area (Å²) in [5.74, 6) is -0.0299. The number of anilines is 3. The number of rotatable bonds is 9. The Kier molecular flexibility index (Phi) is 8.37. The van der Waals surface area contributed by atoms with E-state index in [-0.39, 0.29) is 24.0 Å². The Bertz CT molecular complexity index is 598. The van der Waals surface area contributed by atoms with E-state index in [1.807, 2.05) is 37.7 Å². The first-order valence-corrected chi connectivity index (χ1v) is 8.28. The van der Waals surface area contributed by atoms with E-state index < -0.39 is 12.7 Å². The van der Waals surface area contributed by atoms with Crippen LogP contribution in [-0.2, 0) is 4.74 Å². The van der Waals surface area contributed by atoms with Crippen molar-refractivity contribution in [2.24, 2.45) is 5.92 Å². The number of alkyl halides is 2. The summed E-state index contributed by atoms with van der Waals surface area (Å²) in [5.41, 5.74) is 6.92. The summed E-state index contributed by atoms with van der Waals surface area (Å²) in [7, 11) is 5.65. The SMILES string of the molecule is CC(C)COC(=O)Nc1cc(N)c(N(C)CCN(C)C)cc1OC(F)F. The predicted molar refractivity (Wildman–Crippen MR) is 99.1 cm³/mol. The maximum Gasteiger partial charge on any atom is 0.411 e. The number of ether oxygens (including phenoxy) is 2. The van der Waals surface area contributed by atoms with Gasteiger partial charge in [-0.05, 0) is 26.1 Å². The first-order valence-electron chi connectivity index (χ1n) is 8.28. The van der Waals surface area contributed by atoms with Crippen molar-refractivity contribution in [1.29, 1.82) is 0 Å². The summed E-state index contributed by atoms with van der Waals surface area (Å²) in [6.07, 6.45) is -0.758. The van der Waals surface area contributed by atoms with E-state index in [0.717, 1.165) is 6.54 Å². The number of likely N-dealkylation sites (N-methyl/N-ethyl adjacent to an activating group) is 2. The maximum atomic E-state index is 12.8. The highest BCUT2D eigenvalue weighted by Gasteiger charge is 2.18. The lowest BCUT2D eigenvalue weighted by Gasteiger charge is -2.24. The first kappa shape index (κ1) is 21.8. The number of hydrogen-bond donors (Lipinski definition) is 2. The number of carbonyl (C=O) groups excluding carboxylic acids is 1. The van der Waals surface area contributed by atoms with Gasteiger partial charge in [0.2, 0.25) is 0 Å². The Morgan fingerprint density at radius 1 is 1.23 bits per heavy atom. The Morgan fingerprint density at radius 2 is 1.88 bits per heavy atom. The van der Waals surface area contributed by atoms with E-state index in [1.54, 1.807) is 7.05 Å². The van der Waals surface area contributed by atoms with E-state index in [2.05, 4.69) is 10.1 Å². The van der Waals surface area contributed by atoms with Gasteiger partial charge in [0, 0.05) is 26.2 Å². The van der Waals surface area contributed by atoms with Gasteiger partial charge in [-0.1, -0.05) is 13.8 Å². The number of nitrogens with one attached hydrogen (secondary N) is 1.